The van der Waals surface area contributed by atoms with Crippen LogP contribution in [0.15, 0.2) is 12.1 Å². The summed E-state index contributed by atoms with van der Waals surface area (Å²) < 4.78 is 20.8. The maximum atomic E-state index is 15.3. The van der Waals surface area contributed by atoms with Gasteiger partial charge in [0, 0.05) is 18.0 Å². The number of hydrogen-bond donors (Lipinski definition) is 1. The van der Waals surface area contributed by atoms with Gasteiger partial charge in [-0.3, -0.25) is 0 Å². The number of rotatable bonds is 3. The molecule has 2 unspecified atom stereocenters. The molecule has 1 fully saturated rings. The molecule has 2 atom stereocenters. The highest BCUT2D eigenvalue weighted by atomic mass is 19.1. The van der Waals surface area contributed by atoms with Crippen molar-refractivity contribution in [2.75, 3.05) is 20.2 Å². The fourth-order valence-electron chi connectivity index (χ4n) is 2.97. The topological polar surface area (TPSA) is 21.3 Å². The Hall–Kier alpha value is -1.09. The van der Waals surface area contributed by atoms with E-state index in [-0.39, 0.29) is 5.92 Å². The first-order chi connectivity index (χ1) is 8.98. The molecule has 1 heterocycles. The van der Waals surface area contributed by atoms with Gasteiger partial charge in [0.25, 0.3) is 0 Å². The van der Waals surface area contributed by atoms with Gasteiger partial charge in [-0.15, -0.1) is 0 Å². The van der Waals surface area contributed by atoms with Gasteiger partial charge in [-0.25, -0.2) is 4.39 Å². The Morgan fingerprint density at radius 1 is 1.37 bits per heavy atom. The predicted octanol–water partition coefficient (Wildman–Crippen LogP) is 3.50. The van der Waals surface area contributed by atoms with Crippen LogP contribution in [0.4, 0.5) is 4.39 Å². The van der Waals surface area contributed by atoms with Crippen LogP contribution < -0.4 is 10.1 Å². The normalized spacial score (nSPS) is 22.9. The molecule has 106 valence electrons. The summed E-state index contributed by atoms with van der Waals surface area (Å²) in [5, 5.41) is 3.29. The zero-order chi connectivity index (χ0) is 14.0. The van der Waals surface area contributed by atoms with Gasteiger partial charge in [0.05, 0.1) is 7.11 Å². The third-order valence-electron chi connectivity index (χ3n) is 4.47. The zero-order valence-corrected chi connectivity index (χ0v) is 12.3. The van der Waals surface area contributed by atoms with Crippen LogP contribution in [0.2, 0.25) is 0 Å². The molecule has 1 aliphatic rings. The Morgan fingerprint density at radius 2 is 2.11 bits per heavy atom. The minimum atomic E-state index is -1.35. The highest BCUT2D eigenvalue weighted by Gasteiger charge is 2.39. The smallest absolute Gasteiger partial charge is 0.140 e. The summed E-state index contributed by atoms with van der Waals surface area (Å²) in [5.41, 5.74) is 1.51. The lowest BCUT2D eigenvalue weighted by Gasteiger charge is -2.35. The lowest BCUT2D eigenvalue weighted by molar-refractivity contribution is 0.0781. The van der Waals surface area contributed by atoms with Gasteiger partial charge in [-0.05, 0) is 51.3 Å². The molecule has 0 amide bonds. The monoisotopic (exact) mass is 265 g/mol. The van der Waals surface area contributed by atoms with Crippen LogP contribution in [0.25, 0.3) is 0 Å². The highest BCUT2D eigenvalue weighted by molar-refractivity contribution is 5.48. The molecule has 0 bridgehead atoms. The summed E-state index contributed by atoms with van der Waals surface area (Å²) in [6.45, 7) is 7.45. The summed E-state index contributed by atoms with van der Waals surface area (Å²) in [5.74, 6) is 0.716. The highest BCUT2D eigenvalue weighted by Crippen LogP contribution is 2.43. The molecule has 3 heteroatoms. The molecule has 0 aromatic heterocycles. The van der Waals surface area contributed by atoms with Crippen molar-refractivity contribution in [3.63, 3.8) is 0 Å². The molecule has 2 rings (SSSR count). The molecule has 1 aromatic carbocycles. The van der Waals surface area contributed by atoms with Crippen LogP contribution >= 0.6 is 0 Å². The first-order valence-corrected chi connectivity index (χ1v) is 7.02. The van der Waals surface area contributed by atoms with E-state index in [1.165, 1.54) is 0 Å². The molecular weight excluding hydrogens is 241 g/mol. The Bertz CT molecular complexity index is 450. The molecule has 0 spiro atoms. The molecule has 0 saturated carbocycles. The Morgan fingerprint density at radius 3 is 2.68 bits per heavy atom. The summed E-state index contributed by atoms with van der Waals surface area (Å²) in [6, 6.07) is 3.87. The number of halogens is 1. The molecule has 0 radical (unpaired) electrons. The number of nitrogens with one attached hydrogen (secondary N) is 1. The summed E-state index contributed by atoms with van der Waals surface area (Å²) >= 11 is 0. The Kier molecular flexibility index (Phi) is 4.14. The second kappa shape index (κ2) is 5.49. The van der Waals surface area contributed by atoms with E-state index in [4.69, 9.17) is 4.74 Å². The zero-order valence-electron chi connectivity index (χ0n) is 12.3. The van der Waals surface area contributed by atoms with Crippen LogP contribution in [0, 0.1) is 19.8 Å². The number of ether oxygens (including phenoxy) is 1. The maximum absolute atomic E-state index is 15.3. The molecule has 1 aromatic rings. The number of benzene rings is 1. The van der Waals surface area contributed by atoms with Crippen molar-refractivity contribution in [1.82, 2.24) is 5.32 Å². The second-order valence-electron chi connectivity index (χ2n) is 5.71. The number of methoxy groups -OCH3 is 1. The molecular formula is C16H24FNO. The van der Waals surface area contributed by atoms with Crippen molar-refractivity contribution in [1.29, 1.82) is 0 Å². The van der Waals surface area contributed by atoms with E-state index in [0.29, 0.717) is 11.3 Å². The van der Waals surface area contributed by atoms with E-state index in [1.807, 2.05) is 26.0 Å². The Labute approximate surface area is 115 Å². The molecule has 0 aliphatic carbocycles. The maximum Gasteiger partial charge on any atom is 0.140 e. The van der Waals surface area contributed by atoms with Crippen LogP contribution in [-0.2, 0) is 5.67 Å². The molecule has 1 saturated heterocycles. The van der Waals surface area contributed by atoms with E-state index in [0.717, 1.165) is 37.1 Å². The van der Waals surface area contributed by atoms with Crippen molar-refractivity contribution < 1.29 is 9.13 Å². The number of piperidine rings is 1. The van der Waals surface area contributed by atoms with Crippen molar-refractivity contribution in [2.45, 2.75) is 39.3 Å². The molecule has 2 nitrogen and oxygen atoms in total. The lowest BCUT2D eigenvalue weighted by Crippen LogP contribution is -2.40. The number of aryl methyl sites for hydroxylation is 1. The quantitative estimate of drug-likeness (QED) is 0.903. The van der Waals surface area contributed by atoms with Crippen molar-refractivity contribution in [3.05, 3.63) is 28.8 Å². The van der Waals surface area contributed by atoms with E-state index in [1.54, 1.807) is 14.0 Å². The average molecular weight is 265 g/mol. The van der Waals surface area contributed by atoms with Gasteiger partial charge < -0.3 is 10.1 Å². The summed E-state index contributed by atoms with van der Waals surface area (Å²) in [6.07, 6.45) is 1.97. The van der Waals surface area contributed by atoms with Gasteiger partial charge >= 0.3 is 0 Å². The largest absolute Gasteiger partial charge is 0.496 e. The Balaban J connectivity index is 2.41. The molecule has 1 N–H and O–H groups in total. The van der Waals surface area contributed by atoms with Gasteiger partial charge in [-0.2, -0.15) is 0 Å². The SMILES string of the molecule is COc1c(C(C)(F)C2CCCNC2)ccc(C)c1C. The average Bonchev–Trinajstić information content (AvgIpc) is 2.42. The van der Waals surface area contributed by atoms with Gasteiger partial charge in [0.2, 0.25) is 0 Å². The minimum absolute atomic E-state index is 0.0113. The number of alkyl halides is 1. The van der Waals surface area contributed by atoms with Crippen LogP contribution in [0.1, 0.15) is 36.5 Å². The summed E-state index contributed by atoms with van der Waals surface area (Å²) in [7, 11) is 1.63. The lowest BCUT2D eigenvalue weighted by atomic mass is 9.79. The predicted molar refractivity (Wildman–Crippen MR) is 76.5 cm³/mol. The summed E-state index contributed by atoms with van der Waals surface area (Å²) in [4.78, 5) is 0. The van der Waals surface area contributed by atoms with Crippen LogP contribution in [0.5, 0.6) is 5.75 Å². The van der Waals surface area contributed by atoms with Crippen molar-refractivity contribution in [3.8, 4) is 5.75 Å². The fraction of sp³-hybridized carbons (Fsp3) is 0.625. The van der Waals surface area contributed by atoms with Crippen LogP contribution in [0.3, 0.4) is 0 Å². The van der Waals surface area contributed by atoms with Gasteiger partial charge in [0.1, 0.15) is 11.4 Å². The number of hydrogen-bond acceptors (Lipinski definition) is 2. The minimum Gasteiger partial charge on any atom is -0.496 e. The van der Waals surface area contributed by atoms with Crippen LogP contribution in [-0.4, -0.2) is 20.2 Å². The standard InChI is InChI=1S/C16H24FNO/c1-11-7-8-14(15(19-4)12(11)2)16(3,17)13-6-5-9-18-10-13/h7-8,13,18H,5-6,9-10H2,1-4H3. The molecule has 1 aliphatic heterocycles. The van der Waals surface area contributed by atoms with Gasteiger partial charge in [-0.1, -0.05) is 12.1 Å². The van der Waals surface area contributed by atoms with Crippen molar-refractivity contribution in [2.24, 2.45) is 5.92 Å². The fourth-order valence-corrected chi connectivity index (χ4v) is 2.97. The third-order valence-corrected chi connectivity index (χ3v) is 4.47. The van der Waals surface area contributed by atoms with Gasteiger partial charge in [0.15, 0.2) is 0 Å². The van der Waals surface area contributed by atoms with Crippen molar-refractivity contribution >= 4 is 0 Å². The second-order valence-corrected chi connectivity index (χ2v) is 5.71. The third kappa shape index (κ3) is 2.62. The first kappa shape index (κ1) is 14.3. The van der Waals surface area contributed by atoms with E-state index in [9.17, 15) is 0 Å². The molecule has 19 heavy (non-hydrogen) atoms. The van der Waals surface area contributed by atoms with E-state index in [2.05, 4.69) is 5.32 Å². The first-order valence-electron chi connectivity index (χ1n) is 7.02. The van der Waals surface area contributed by atoms with E-state index < -0.39 is 5.67 Å². The van der Waals surface area contributed by atoms with E-state index >= 15 is 4.39 Å².